The van der Waals surface area contributed by atoms with Crippen LogP contribution in [0.25, 0.3) is 0 Å². The third kappa shape index (κ3) is 4.16. The summed E-state index contributed by atoms with van der Waals surface area (Å²) in [6.45, 7) is 6.64. The lowest BCUT2D eigenvalue weighted by molar-refractivity contribution is 0.264. The van der Waals surface area contributed by atoms with Gasteiger partial charge >= 0.3 is 6.01 Å². The average molecular weight is 457 g/mol. The highest BCUT2D eigenvalue weighted by Gasteiger charge is 2.42. The van der Waals surface area contributed by atoms with Gasteiger partial charge in [-0.05, 0) is 56.6 Å². The number of anilines is 1. The van der Waals surface area contributed by atoms with Crippen LogP contribution in [0.5, 0.6) is 11.8 Å². The van der Waals surface area contributed by atoms with Gasteiger partial charge in [-0.3, -0.25) is 0 Å². The molecule has 168 valence electrons. The van der Waals surface area contributed by atoms with Gasteiger partial charge in [0.1, 0.15) is 23.7 Å². The van der Waals surface area contributed by atoms with Gasteiger partial charge in [-0.25, -0.2) is 19.0 Å². The summed E-state index contributed by atoms with van der Waals surface area (Å²) in [6, 6.07) is 6.76. The fourth-order valence-corrected chi connectivity index (χ4v) is 5.24. The zero-order chi connectivity index (χ0) is 22.2. The quantitative estimate of drug-likeness (QED) is 0.536. The highest BCUT2D eigenvalue weighted by molar-refractivity contribution is 6.30. The number of aromatic nitrogens is 5. The van der Waals surface area contributed by atoms with Crippen molar-refractivity contribution in [2.75, 3.05) is 18.0 Å². The second kappa shape index (κ2) is 8.65. The van der Waals surface area contributed by atoms with E-state index < -0.39 is 5.82 Å². The first-order valence-electron chi connectivity index (χ1n) is 11.1. The van der Waals surface area contributed by atoms with Crippen LogP contribution in [0.4, 0.5) is 10.2 Å². The summed E-state index contributed by atoms with van der Waals surface area (Å²) in [4.78, 5) is 15.8. The number of rotatable bonds is 6. The third-order valence-electron chi connectivity index (χ3n) is 6.64. The number of halogens is 2. The van der Waals surface area contributed by atoms with Gasteiger partial charge in [0.2, 0.25) is 0 Å². The summed E-state index contributed by atoms with van der Waals surface area (Å²) < 4.78 is 21.1. The van der Waals surface area contributed by atoms with Gasteiger partial charge in [0, 0.05) is 43.9 Å². The molecular weight excluding hydrogens is 431 g/mol. The highest BCUT2D eigenvalue weighted by atomic mass is 35.5. The van der Waals surface area contributed by atoms with Gasteiger partial charge in [-0.15, -0.1) is 0 Å². The van der Waals surface area contributed by atoms with Gasteiger partial charge in [-0.1, -0.05) is 11.6 Å². The van der Waals surface area contributed by atoms with E-state index in [0.29, 0.717) is 36.1 Å². The van der Waals surface area contributed by atoms with Crippen LogP contribution in [0.15, 0.2) is 30.6 Å². The molecule has 7 nitrogen and oxygen atoms in total. The van der Waals surface area contributed by atoms with Gasteiger partial charge in [0.25, 0.3) is 0 Å². The smallest absolute Gasteiger partial charge is 0.320 e. The first-order chi connectivity index (χ1) is 15.5. The molecule has 1 unspecified atom stereocenters. The van der Waals surface area contributed by atoms with E-state index in [1.54, 1.807) is 17.1 Å². The van der Waals surface area contributed by atoms with E-state index >= 15 is 0 Å². The standard InChI is InChI=1S/C23H26ClFN6O/c1-3-31-23(32-17-6-7-20(25)19(24)9-17)28-21(29-31)10-18-15-4-5-16(18)12-30(11-15)22-8-14(2)26-13-27-22/h6-9,13,15-16,18H,3-5,10-12H2,1-2H3/t15-,16+,18?. The van der Waals surface area contributed by atoms with Crippen molar-refractivity contribution in [3.63, 3.8) is 0 Å². The average Bonchev–Trinajstić information content (AvgIpc) is 3.25. The van der Waals surface area contributed by atoms with Crippen LogP contribution in [0.1, 0.15) is 31.3 Å². The number of ether oxygens (including phenoxy) is 1. The van der Waals surface area contributed by atoms with E-state index in [1.807, 2.05) is 13.8 Å². The molecule has 1 saturated heterocycles. The van der Waals surface area contributed by atoms with Crippen LogP contribution in [0.2, 0.25) is 5.02 Å². The SMILES string of the molecule is CCn1nc(CC2[C@@H]3CC[C@H]2CN(c2cc(C)ncn2)C3)nc1Oc1ccc(F)c(Cl)c1. The monoisotopic (exact) mass is 456 g/mol. The largest absolute Gasteiger partial charge is 0.424 e. The molecule has 9 heteroatoms. The van der Waals surface area contributed by atoms with Gasteiger partial charge in [0.15, 0.2) is 5.82 Å². The molecular formula is C23H26ClFN6O. The molecule has 1 aliphatic carbocycles. The van der Waals surface area contributed by atoms with Crippen LogP contribution >= 0.6 is 11.6 Å². The second-order valence-electron chi connectivity index (χ2n) is 8.69. The number of piperidine rings is 1. The summed E-state index contributed by atoms with van der Waals surface area (Å²) >= 11 is 5.88. The fourth-order valence-electron chi connectivity index (χ4n) is 5.07. The van der Waals surface area contributed by atoms with Gasteiger partial charge in [0.05, 0.1) is 5.02 Å². The lowest BCUT2D eigenvalue weighted by Crippen LogP contribution is -2.43. The van der Waals surface area contributed by atoms with Crippen molar-refractivity contribution < 1.29 is 9.13 Å². The van der Waals surface area contributed by atoms with Crippen molar-refractivity contribution >= 4 is 17.4 Å². The van der Waals surface area contributed by atoms with Crippen molar-refractivity contribution in [2.24, 2.45) is 17.8 Å². The Morgan fingerprint density at radius 2 is 1.94 bits per heavy atom. The molecule has 1 saturated carbocycles. The number of fused-ring (bicyclic) bond motifs is 2. The van der Waals surface area contributed by atoms with Gasteiger partial charge in [-0.2, -0.15) is 10.1 Å². The Labute approximate surface area is 191 Å². The molecule has 0 spiro atoms. The van der Waals surface area contributed by atoms with E-state index in [0.717, 1.165) is 36.8 Å². The van der Waals surface area contributed by atoms with E-state index in [-0.39, 0.29) is 5.02 Å². The molecule has 1 aromatic carbocycles. The topological polar surface area (TPSA) is 69.0 Å². The van der Waals surface area contributed by atoms with E-state index in [4.69, 9.17) is 16.3 Å². The van der Waals surface area contributed by atoms with Crippen molar-refractivity contribution in [2.45, 2.75) is 39.7 Å². The number of nitrogens with zero attached hydrogens (tertiary/aromatic N) is 6. The molecule has 3 atom stereocenters. The molecule has 1 aliphatic heterocycles. The molecule has 0 radical (unpaired) electrons. The number of hydrogen-bond acceptors (Lipinski definition) is 6. The normalized spacial score (nSPS) is 22.4. The lowest BCUT2D eigenvalue weighted by Gasteiger charge is -2.38. The Morgan fingerprint density at radius 3 is 2.62 bits per heavy atom. The Hall–Kier alpha value is -2.74. The van der Waals surface area contributed by atoms with Gasteiger partial charge < -0.3 is 9.64 Å². The fraction of sp³-hybridized carbons (Fsp3) is 0.478. The summed E-state index contributed by atoms with van der Waals surface area (Å²) in [5.74, 6) is 3.53. The zero-order valence-electron chi connectivity index (χ0n) is 18.2. The molecule has 2 fully saturated rings. The third-order valence-corrected chi connectivity index (χ3v) is 6.93. The van der Waals surface area contributed by atoms with Crippen molar-refractivity contribution in [1.82, 2.24) is 24.7 Å². The molecule has 2 bridgehead atoms. The number of hydrogen-bond donors (Lipinski definition) is 0. The van der Waals surface area contributed by atoms with Crippen molar-refractivity contribution in [3.05, 3.63) is 53.0 Å². The Bertz CT molecular complexity index is 1110. The van der Waals surface area contributed by atoms with Crippen LogP contribution < -0.4 is 9.64 Å². The summed E-state index contributed by atoms with van der Waals surface area (Å²) in [5, 5.41) is 4.70. The Morgan fingerprint density at radius 1 is 1.16 bits per heavy atom. The molecule has 3 heterocycles. The zero-order valence-corrected chi connectivity index (χ0v) is 19.0. The first kappa shape index (κ1) is 21.1. The number of benzene rings is 1. The summed E-state index contributed by atoms with van der Waals surface area (Å²) in [5.41, 5.74) is 0.994. The molecule has 5 rings (SSSR count). The maximum atomic E-state index is 13.5. The van der Waals surface area contributed by atoms with Crippen LogP contribution in [-0.4, -0.2) is 37.8 Å². The van der Waals surface area contributed by atoms with Crippen molar-refractivity contribution in [1.29, 1.82) is 0 Å². The summed E-state index contributed by atoms with van der Waals surface area (Å²) in [6.07, 6.45) is 4.93. The first-order valence-corrected chi connectivity index (χ1v) is 11.5. The predicted molar refractivity (Wildman–Crippen MR) is 120 cm³/mol. The molecule has 32 heavy (non-hydrogen) atoms. The number of aryl methyl sites for hydroxylation is 2. The minimum absolute atomic E-state index is 0.0208. The molecule has 3 aromatic rings. The maximum absolute atomic E-state index is 13.5. The molecule has 0 amide bonds. The summed E-state index contributed by atoms with van der Waals surface area (Å²) in [7, 11) is 0. The minimum atomic E-state index is -0.476. The van der Waals surface area contributed by atoms with E-state index in [9.17, 15) is 4.39 Å². The highest BCUT2D eigenvalue weighted by Crippen LogP contribution is 2.44. The van der Waals surface area contributed by atoms with Crippen LogP contribution in [0.3, 0.4) is 0 Å². The lowest BCUT2D eigenvalue weighted by atomic mass is 9.82. The minimum Gasteiger partial charge on any atom is -0.424 e. The Kier molecular flexibility index (Phi) is 5.71. The molecule has 0 N–H and O–H groups in total. The Balaban J connectivity index is 1.30. The maximum Gasteiger partial charge on any atom is 0.320 e. The molecule has 2 aliphatic rings. The molecule has 2 aromatic heterocycles. The van der Waals surface area contributed by atoms with Crippen LogP contribution in [0, 0.1) is 30.5 Å². The van der Waals surface area contributed by atoms with E-state index in [1.165, 1.54) is 25.0 Å². The van der Waals surface area contributed by atoms with E-state index in [2.05, 4.69) is 31.0 Å². The predicted octanol–water partition coefficient (Wildman–Crippen LogP) is 4.69. The van der Waals surface area contributed by atoms with Crippen LogP contribution in [-0.2, 0) is 13.0 Å². The van der Waals surface area contributed by atoms with Crippen molar-refractivity contribution in [3.8, 4) is 11.8 Å². The second-order valence-corrected chi connectivity index (χ2v) is 9.10.